The lowest BCUT2D eigenvalue weighted by Crippen LogP contribution is -2.15. The minimum Gasteiger partial charge on any atom is -0.287 e. The summed E-state index contributed by atoms with van der Waals surface area (Å²) >= 11 is 0. The number of nitrogens with zero attached hydrogens (tertiary/aromatic N) is 2. The number of hydrogen-bond donors (Lipinski definition) is 0. The van der Waals surface area contributed by atoms with Crippen LogP contribution in [0.2, 0.25) is 0 Å². The number of fused-ring (bicyclic) bond motifs is 3. The molecule has 6 heteroatoms. The molecule has 0 spiro atoms. The first-order valence-corrected chi connectivity index (χ1v) is 5.91. The van der Waals surface area contributed by atoms with Crippen molar-refractivity contribution in [2.24, 2.45) is 0 Å². The minimum atomic E-state index is -4.66. The largest absolute Gasteiger partial charge is 0.451 e. The summed E-state index contributed by atoms with van der Waals surface area (Å²) in [4.78, 5) is 19.2. The second-order valence-electron chi connectivity index (χ2n) is 4.68. The second-order valence-corrected chi connectivity index (χ2v) is 4.68. The van der Waals surface area contributed by atoms with Gasteiger partial charge in [-0.2, -0.15) is 13.2 Å². The number of alkyl halides is 3. The molecule has 0 bridgehead atoms. The maximum atomic E-state index is 12.7. The summed E-state index contributed by atoms with van der Waals surface area (Å²) < 4.78 is 38.2. The van der Waals surface area contributed by atoms with Crippen LogP contribution >= 0.6 is 0 Å². The molecular formula is C14H9F3N2O. The van der Waals surface area contributed by atoms with E-state index in [1.165, 1.54) is 6.92 Å². The first-order chi connectivity index (χ1) is 9.30. The van der Waals surface area contributed by atoms with Crippen molar-refractivity contribution in [3.05, 3.63) is 46.5 Å². The molecule has 0 amide bonds. The average Bonchev–Trinajstić information content (AvgIpc) is 2.64. The zero-order chi connectivity index (χ0) is 14.7. The Kier molecular flexibility index (Phi) is 2.48. The highest BCUT2D eigenvalue weighted by atomic mass is 19.4. The molecule has 2 aromatic rings. The van der Waals surface area contributed by atoms with E-state index in [4.69, 9.17) is 0 Å². The molecule has 0 saturated heterocycles. The third-order valence-corrected chi connectivity index (χ3v) is 3.33. The molecule has 3 rings (SSSR count). The fourth-order valence-corrected chi connectivity index (χ4v) is 2.48. The smallest absolute Gasteiger partial charge is 0.287 e. The molecule has 1 aliphatic rings. The van der Waals surface area contributed by atoms with E-state index in [0.717, 1.165) is 5.56 Å². The number of rotatable bonds is 0. The average molecular weight is 278 g/mol. The fraction of sp³-hybridized carbons (Fsp3) is 0.214. The van der Waals surface area contributed by atoms with Crippen LogP contribution in [0.3, 0.4) is 0 Å². The van der Waals surface area contributed by atoms with Crippen LogP contribution in [0, 0.1) is 13.8 Å². The first-order valence-electron chi connectivity index (χ1n) is 5.91. The normalized spacial score (nSPS) is 13.3. The Labute approximate surface area is 112 Å². The van der Waals surface area contributed by atoms with Crippen molar-refractivity contribution in [3.8, 4) is 11.1 Å². The third kappa shape index (κ3) is 1.64. The van der Waals surface area contributed by atoms with Crippen molar-refractivity contribution in [1.29, 1.82) is 0 Å². The molecule has 0 radical (unpaired) electrons. The number of aryl methyl sites for hydroxylation is 2. The highest BCUT2D eigenvalue weighted by Gasteiger charge is 2.39. The van der Waals surface area contributed by atoms with Crippen LogP contribution in [0.1, 0.15) is 33.1 Å². The molecule has 102 valence electrons. The maximum absolute atomic E-state index is 12.7. The lowest BCUT2D eigenvalue weighted by atomic mass is 10.0. The van der Waals surface area contributed by atoms with E-state index in [1.54, 1.807) is 25.1 Å². The molecule has 0 atom stereocenters. The van der Waals surface area contributed by atoms with E-state index < -0.39 is 17.8 Å². The van der Waals surface area contributed by atoms with Crippen molar-refractivity contribution in [2.45, 2.75) is 20.0 Å². The number of ketones is 1. The Balaban J connectivity index is 2.35. The van der Waals surface area contributed by atoms with Gasteiger partial charge in [-0.1, -0.05) is 18.2 Å². The molecule has 1 heterocycles. The third-order valence-electron chi connectivity index (χ3n) is 3.33. The number of benzene rings is 1. The molecular weight excluding hydrogens is 269 g/mol. The van der Waals surface area contributed by atoms with Crippen LogP contribution in [0.15, 0.2) is 18.2 Å². The summed E-state index contributed by atoms with van der Waals surface area (Å²) in [6, 6.07) is 5.10. The van der Waals surface area contributed by atoms with Crippen molar-refractivity contribution in [1.82, 2.24) is 9.97 Å². The predicted octanol–water partition coefficient (Wildman–Crippen LogP) is 3.32. The molecule has 3 nitrogen and oxygen atoms in total. The van der Waals surface area contributed by atoms with E-state index >= 15 is 0 Å². The number of carbonyl (C=O) groups excluding carboxylic acids is 1. The molecule has 0 aliphatic heterocycles. The quantitative estimate of drug-likeness (QED) is 0.633. The topological polar surface area (TPSA) is 42.9 Å². The van der Waals surface area contributed by atoms with Crippen LogP contribution in [0.5, 0.6) is 0 Å². The van der Waals surface area contributed by atoms with Gasteiger partial charge in [0.15, 0.2) is 0 Å². The Hall–Kier alpha value is -2.24. The molecule has 0 saturated carbocycles. The molecule has 20 heavy (non-hydrogen) atoms. The van der Waals surface area contributed by atoms with Gasteiger partial charge >= 0.3 is 6.18 Å². The van der Waals surface area contributed by atoms with E-state index in [2.05, 4.69) is 9.97 Å². The maximum Gasteiger partial charge on any atom is 0.451 e. The van der Waals surface area contributed by atoms with Gasteiger partial charge in [-0.3, -0.25) is 4.79 Å². The second kappa shape index (κ2) is 3.88. The van der Waals surface area contributed by atoms with Crippen molar-refractivity contribution < 1.29 is 18.0 Å². The van der Waals surface area contributed by atoms with Gasteiger partial charge in [-0.15, -0.1) is 0 Å². The van der Waals surface area contributed by atoms with Crippen molar-refractivity contribution >= 4 is 5.78 Å². The SMILES string of the molecule is Cc1cccc2c1-c1c(C)nc(C(F)(F)F)nc1C2=O. The predicted molar refractivity (Wildman–Crippen MR) is 65.4 cm³/mol. The zero-order valence-corrected chi connectivity index (χ0v) is 10.7. The number of halogens is 3. The van der Waals surface area contributed by atoms with Crippen LogP contribution < -0.4 is 0 Å². The van der Waals surface area contributed by atoms with Gasteiger partial charge in [-0.25, -0.2) is 9.97 Å². The van der Waals surface area contributed by atoms with E-state index in [1.807, 2.05) is 0 Å². The van der Waals surface area contributed by atoms with Gasteiger partial charge in [0, 0.05) is 16.8 Å². The number of carbonyl (C=O) groups is 1. The summed E-state index contributed by atoms with van der Waals surface area (Å²) in [5, 5.41) is 0. The van der Waals surface area contributed by atoms with E-state index in [0.29, 0.717) is 16.7 Å². The highest BCUT2D eigenvalue weighted by Crippen LogP contribution is 2.40. The molecule has 0 unspecified atom stereocenters. The lowest BCUT2D eigenvalue weighted by molar-refractivity contribution is -0.145. The van der Waals surface area contributed by atoms with Crippen LogP contribution in [-0.2, 0) is 6.18 Å². The number of hydrogen-bond acceptors (Lipinski definition) is 3. The van der Waals surface area contributed by atoms with Gasteiger partial charge in [0.1, 0.15) is 5.69 Å². The molecule has 0 N–H and O–H groups in total. The Bertz CT molecular complexity index is 751. The molecule has 1 aromatic carbocycles. The molecule has 1 aromatic heterocycles. The van der Waals surface area contributed by atoms with Gasteiger partial charge in [0.2, 0.25) is 11.6 Å². The number of aromatic nitrogens is 2. The summed E-state index contributed by atoms with van der Waals surface area (Å²) in [5.74, 6) is -1.75. The summed E-state index contributed by atoms with van der Waals surface area (Å²) in [5.41, 5.74) is 2.27. The lowest BCUT2D eigenvalue weighted by Gasteiger charge is -2.10. The van der Waals surface area contributed by atoms with Crippen LogP contribution in [0.25, 0.3) is 11.1 Å². The Morgan fingerprint density at radius 3 is 2.40 bits per heavy atom. The highest BCUT2D eigenvalue weighted by molar-refractivity contribution is 6.21. The minimum absolute atomic E-state index is 0.158. The van der Waals surface area contributed by atoms with Crippen LogP contribution in [0.4, 0.5) is 13.2 Å². The molecule has 1 aliphatic carbocycles. The summed E-state index contributed by atoms with van der Waals surface area (Å²) in [6.07, 6.45) is -4.66. The fourth-order valence-electron chi connectivity index (χ4n) is 2.48. The first kappa shape index (κ1) is 12.8. The Morgan fingerprint density at radius 1 is 1.05 bits per heavy atom. The summed E-state index contributed by atoms with van der Waals surface area (Å²) in [7, 11) is 0. The van der Waals surface area contributed by atoms with E-state index in [9.17, 15) is 18.0 Å². The van der Waals surface area contributed by atoms with Gasteiger partial charge in [-0.05, 0) is 25.0 Å². The Morgan fingerprint density at radius 2 is 1.75 bits per heavy atom. The van der Waals surface area contributed by atoms with Crippen LogP contribution in [-0.4, -0.2) is 15.8 Å². The molecule has 0 fully saturated rings. The van der Waals surface area contributed by atoms with Gasteiger partial charge in [0.25, 0.3) is 0 Å². The van der Waals surface area contributed by atoms with Crippen molar-refractivity contribution in [2.75, 3.05) is 0 Å². The standard InChI is InChI=1S/C14H9F3N2O/c1-6-4-3-5-8-9(6)10-7(2)18-13(14(15,16)17)19-11(10)12(8)20/h3-5H,1-2H3. The van der Waals surface area contributed by atoms with E-state index in [-0.39, 0.29) is 11.4 Å². The van der Waals surface area contributed by atoms with Gasteiger partial charge < -0.3 is 0 Å². The monoisotopic (exact) mass is 278 g/mol. The van der Waals surface area contributed by atoms with Gasteiger partial charge in [0.05, 0.1) is 0 Å². The van der Waals surface area contributed by atoms with Crippen molar-refractivity contribution in [3.63, 3.8) is 0 Å². The summed E-state index contributed by atoms with van der Waals surface area (Å²) in [6.45, 7) is 3.27. The zero-order valence-electron chi connectivity index (χ0n) is 10.7.